The molecule has 0 aromatic carbocycles. The summed E-state index contributed by atoms with van der Waals surface area (Å²) >= 11 is 5.92. The zero-order valence-electron chi connectivity index (χ0n) is 10.3. The summed E-state index contributed by atoms with van der Waals surface area (Å²) in [5.41, 5.74) is 0.913. The molecular formula is C12H18ClN3O. The van der Waals surface area contributed by atoms with Gasteiger partial charge >= 0.3 is 0 Å². The third-order valence-electron chi connectivity index (χ3n) is 2.77. The van der Waals surface area contributed by atoms with Crippen molar-refractivity contribution in [3.05, 3.63) is 11.8 Å². The van der Waals surface area contributed by atoms with Gasteiger partial charge in [-0.15, -0.1) is 11.6 Å². The van der Waals surface area contributed by atoms with Crippen LogP contribution in [0.25, 0.3) is 0 Å². The number of ether oxygens (including phenoxy) is 1. The Hall–Kier alpha value is -1.03. The lowest BCUT2D eigenvalue weighted by atomic mass is 10.3. The van der Waals surface area contributed by atoms with E-state index in [-0.39, 0.29) is 5.54 Å². The fourth-order valence-electron chi connectivity index (χ4n) is 1.56. The van der Waals surface area contributed by atoms with Crippen LogP contribution in [0.5, 0.6) is 5.88 Å². The minimum atomic E-state index is 0.0113. The summed E-state index contributed by atoms with van der Waals surface area (Å²) in [6.45, 7) is 4.68. The van der Waals surface area contributed by atoms with Crippen LogP contribution < -0.4 is 10.1 Å². The molecule has 1 aromatic rings. The molecule has 94 valence electrons. The molecule has 1 aliphatic rings. The number of rotatable bonds is 6. The molecule has 0 unspecified atom stereocenters. The molecular weight excluding hydrogens is 238 g/mol. The smallest absolute Gasteiger partial charge is 0.226 e. The third kappa shape index (κ3) is 3.22. The number of aromatic nitrogens is 2. The van der Waals surface area contributed by atoms with Gasteiger partial charge < -0.3 is 10.1 Å². The summed E-state index contributed by atoms with van der Waals surface area (Å²) in [5.74, 6) is 1.84. The Balaban J connectivity index is 2.08. The van der Waals surface area contributed by atoms with Crippen molar-refractivity contribution in [2.45, 2.75) is 38.6 Å². The molecule has 0 atom stereocenters. The summed E-state index contributed by atoms with van der Waals surface area (Å²) in [6, 6.07) is 1.85. The Morgan fingerprint density at radius 2 is 2.24 bits per heavy atom. The number of hydrogen-bond acceptors (Lipinski definition) is 4. The highest BCUT2D eigenvalue weighted by atomic mass is 35.5. The molecule has 1 aromatic heterocycles. The van der Waals surface area contributed by atoms with Gasteiger partial charge in [-0.3, -0.25) is 0 Å². The number of nitrogens with one attached hydrogen (secondary N) is 1. The van der Waals surface area contributed by atoms with Crippen molar-refractivity contribution in [3.63, 3.8) is 0 Å². The van der Waals surface area contributed by atoms with E-state index in [9.17, 15) is 0 Å². The van der Waals surface area contributed by atoms with Gasteiger partial charge in [0.2, 0.25) is 11.8 Å². The Kier molecular flexibility index (Phi) is 3.72. The first kappa shape index (κ1) is 12.4. The van der Waals surface area contributed by atoms with Crippen molar-refractivity contribution >= 4 is 17.5 Å². The van der Waals surface area contributed by atoms with Gasteiger partial charge in [-0.2, -0.15) is 4.98 Å². The van der Waals surface area contributed by atoms with E-state index < -0.39 is 0 Å². The highest BCUT2D eigenvalue weighted by Crippen LogP contribution is 2.39. The maximum absolute atomic E-state index is 5.92. The van der Waals surface area contributed by atoms with Crippen LogP contribution in [0.3, 0.4) is 0 Å². The van der Waals surface area contributed by atoms with E-state index in [2.05, 4.69) is 22.2 Å². The minimum absolute atomic E-state index is 0.0113. The van der Waals surface area contributed by atoms with Gasteiger partial charge in [-0.1, -0.05) is 6.92 Å². The second kappa shape index (κ2) is 5.08. The number of nitrogens with zero attached hydrogens (tertiary/aromatic N) is 2. The lowest BCUT2D eigenvalue weighted by molar-refractivity contribution is 0.305. The minimum Gasteiger partial charge on any atom is -0.478 e. The topological polar surface area (TPSA) is 47.0 Å². The summed E-state index contributed by atoms with van der Waals surface area (Å²) in [6.07, 6.45) is 3.13. The zero-order valence-corrected chi connectivity index (χ0v) is 11.0. The third-order valence-corrected chi connectivity index (χ3v) is 3.28. The molecule has 1 N–H and O–H groups in total. The first-order chi connectivity index (χ1) is 8.17. The first-order valence-corrected chi connectivity index (χ1v) is 6.53. The van der Waals surface area contributed by atoms with Crippen molar-refractivity contribution < 1.29 is 4.74 Å². The van der Waals surface area contributed by atoms with E-state index in [1.807, 2.05) is 13.0 Å². The van der Waals surface area contributed by atoms with Crippen LogP contribution >= 0.6 is 11.6 Å². The van der Waals surface area contributed by atoms with Crippen molar-refractivity contribution in [1.82, 2.24) is 9.97 Å². The largest absolute Gasteiger partial charge is 0.478 e. The van der Waals surface area contributed by atoms with Crippen molar-refractivity contribution in [1.29, 1.82) is 0 Å². The summed E-state index contributed by atoms with van der Waals surface area (Å²) in [7, 11) is 0. The number of alkyl halides is 1. The van der Waals surface area contributed by atoms with Gasteiger partial charge in [-0.05, 0) is 26.2 Å². The summed E-state index contributed by atoms with van der Waals surface area (Å²) < 4.78 is 5.52. The van der Waals surface area contributed by atoms with Gasteiger partial charge in [0, 0.05) is 17.6 Å². The lowest BCUT2D eigenvalue weighted by Gasteiger charge is -2.15. The van der Waals surface area contributed by atoms with Crippen LogP contribution in [-0.4, -0.2) is 28.0 Å². The van der Waals surface area contributed by atoms with Crippen LogP contribution in [0.4, 0.5) is 5.95 Å². The van der Waals surface area contributed by atoms with Crippen LogP contribution in [0.15, 0.2) is 6.07 Å². The molecule has 5 heteroatoms. The normalized spacial score (nSPS) is 16.6. The highest BCUT2D eigenvalue weighted by molar-refractivity contribution is 6.19. The molecule has 0 amide bonds. The number of hydrogen-bond donors (Lipinski definition) is 1. The first-order valence-electron chi connectivity index (χ1n) is 6.00. The van der Waals surface area contributed by atoms with Crippen LogP contribution in [-0.2, 0) is 0 Å². The molecule has 1 fully saturated rings. The van der Waals surface area contributed by atoms with Crippen LogP contribution in [0, 0.1) is 6.92 Å². The molecule has 0 aliphatic heterocycles. The lowest BCUT2D eigenvalue weighted by Crippen LogP contribution is -2.24. The van der Waals surface area contributed by atoms with E-state index in [0.29, 0.717) is 24.3 Å². The monoisotopic (exact) mass is 255 g/mol. The highest BCUT2D eigenvalue weighted by Gasteiger charge is 2.42. The molecule has 2 rings (SSSR count). The molecule has 0 bridgehead atoms. The standard InChI is InChI=1S/C12H18ClN3O/c1-3-6-17-10-7-9(2)14-11(15-10)16-12(8-13)4-5-12/h7H,3-6,8H2,1-2H3,(H,14,15,16). The molecule has 1 aliphatic carbocycles. The second-order valence-electron chi connectivity index (χ2n) is 4.56. The SMILES string of the molecule is CCCOc1cc(C)nc(NC2(CCl)CC2)n1. The maximum atomic E-state index is 5.92. The van der Waals surface area contributed by atoms with Crippen molar-refractivity contribution in [3.8, 4) is 5.88 Å². The van der Waals surface area contributed by atoms with Crippen molar-refractivity contribution in [2.24, 2.45) is 0 Å². The van der Waals surface area contributed by atoms with Gasteiger partial charge in [-0.25, -0.2) is 4.98 Å². The fraction of sp³-hybridized carbons (Fsp3) is 0.667. The van der Waals surface area contributed by atoms with Gasteiger partial charge in [0.15, 0.2) is 0 Å². The van der Waals surface area contributed by atoms with Crippen LogP contribution in [0.1, 0.15) is 31.9 Å². The van der Waals surface area contributed by atoms with E-state index in [4.69, 9.17) is 16.3 Å². The van der Waals surface area contributed by atoms with Gasteiger partial charge in [0.25, 0.3) is 0 Å². The number of halogens is 1. The maximum Gasteiger partial charge on any atom is 0.226 e. The van der Waals surface area contributed by atoms with Crippen molar-refractivity contribution in [2.75, 3.05) is 17.8 Å². The van der Waals surface area contributed by atoms with Gasteiger partial charge in [0.1, 0.15) is 0 Å². The Bertz CT molecular complexity index is 393. The molecule has 17 heavy (non-hydrogen) atoms. The molecule has 1 saturated carbocycles. The van der Waals surface area contributed by atoms with Gasteiger partial charge in [0.05, 0.1) is 12.1 Å². The van der Waals surface area contributed by atoms with Crippen LogP contribution in [0.2, 0.25) is 0 Å². The fourth-order valence-corrected chi connectivity index (χ4v) is 1.89. The number of anilines is 1. The Morgan fingerprint density at radius 3 is 2.82 bits per heavy atom. The molecule has 0 saturated heterocycles. The quantitative estimate of drug-likeness (QED) is 0.794. The van der Waals surface area contributed by atoms with E-state index in [1.165, 1.54) is 0 Å². The predicted molar refractivity (Wildman–Crippen MR) is 68.9 cm³/mol. The second-order valence-corrected chi connectivity index (χ2v) is 4.83. The number of aryl methyl sites for hydroxylation is 1. The average Bonchev–Trinajstić information content (AvgIpc) is 3.06. The predicted octanol–water partition coefficient (Wildman–Crippen LogP) is 2.76. The average molecular weight is 256 g/mol. The molecule has 0 radical (unpaired) electrons. The summed E-state index contributed by atoms with van der Waals surface area (Å²) in [4.78, 5) is 8.70. The molecule has 0 spiro atoms. The van der Waals surface area contributed by atoms with E-state index in [1.54, 1.807) is 0 Å². The van der Waals surface area contributed by atoms with E-state index in [0.717, 1.165) is 25.0 Å². The summed E-state index contributed by atoms with van der Waals surface area (Å²) in [5, 5.41) is 3.30. The Morgan fingerprint density at radius 1 is 1.47 bits per heavy atom. The molecule has 1 heterocycles. The Labute approximate surface area is 107 Å². The zero-order chi connectivity index (χ0) is 12.3. The van der Waals surface area contributed by atoms with E-state index >= 15 is 0 Å². The molecule has 4 nitrogen and oxygen atoms in total.